The first-order valence-electron chi connectivity index (χ1n) is 5.35. The second-order valence-corrected chi connectivity index (χ2v) is 3.61. The Morgan fingerprint density at radius 2 is 2.28 bits per heavy atom. The first kappa shape index (κ1) is 12.2. The molecule has 1 aromatic heterocycles. The molecule has 1 aromatic carbocycles. The van der Waals surface area contributed by atoms with Crippen LogP contribution in [0.25, 0.3) is 0 Å². The van der Waals surface area contributed by atoms with Crippen LogP contribution in [0.3, 0.4) is 0 Å². The third-order valence-electron chi connectivity index (χ3n) is 2.42. The lowest BCUT2D eigenvalue weighted by atomic mass is 10.1. The van der Waals surface area contributed by atoms with Gasteiger partial charge in [-0.25, -0.2) is 9.18 Å². The van der Waals surface area contributed by atoms with Crippen molar-refractivity contribution in [1.29, 1.82) is 0 Å². The Morgan fingerprint density at radius 3 is 2.94 bits per heavy atom. The summed E-state index contributed by atoms with van der Waals surface area (Å²) < 4.78 is 22.9. The smallest absolute Gasteiger partial charge is 0.339 e. The number of benzene rings is 1. The van der Waals surface area contributed by atoms with Crippen LogP contribution in [0, 0.1) is 5.82 Å². The highest BCUT2D eigenvalue weighted by Crippen LogP contribution is 2.19. The van der Waals surface area contributed by atoms with E-state index < -0.39 is 11.8 Å². The summed E-state index contributed by atoms with van der Waals surface area (Å²) in [5, 5.41) is 2.94. The summed E-state index contributed by atoms with van der Waals surface area (Å²) in [6, 6.07) is 7.37. The number of rotatable bonds is 4. The molecule has 0 aliphatic rings. The predicted octanol–water partition coefficient (Wildman–Crippen LogP) is 2.82. The SMILES string of the molecule is COC(=O)c1ccc(F)cc1NCc1ccco1. The van der Waals surface area contributed by atoms with Crippen molar-refractivity contribution in [3.8, 4) is 0 Å². The van der Waals surface area contributed by atoms with Gasteiger partial charge < -0.3 is 14.5 Å². The summed E-state index contributed by atoms with van der Waals surface area (Å²) in [7, 11) is 1.28. The van der Waals surface area contributed by atoms with Crippen molar-refractivity contribution >= 4 is 11.7 Å². The molecule has 1 N–H and O–H groups in total. The Labute approximate surface area is 103 Å². The maximum Gasteiger partial charge on any atom is 0.339 e. The molecule has 0 fully saturated rings. The zero-order valence-electron chi connectivity index (χ0n) is 9.77. The van der Waals surface area contributed by atoms with E-state index in [0.29, 0.717) is 18.0 Å². The minimum Gasteiger partial charge on any atom is -0.467 e. The van der Waals surface area contributed by atoms with Crippen LogP contribution in [0.15, 0.2) is 41.0 Å². The van der Waals surface area contributed by atoms with Crippen LogP contribution in [0.2, 0.25) is 0 Å². The van der Waals surface area contributed by atoms with Crippen LogP contribution in [-0.4, -0.2) is 13.1 Å². The number of nitrogens with one attached hydrogen (secondary N) is 1. The molecule has 0 bridgehead atoms. The van der Waals surface area contributed by atoms with Gasteiger partial charge in [-0.15, -0.1) is 0 Å². The van der Waals surface area contributed by atoms with Crippen LogP contribution in [0.1, 0.15) is 16.1 Å². The number of carbonyl (C=O) groups is 1. The molecule has 4 nitrogen and oxygen atoms in total. The number of anilines is 1. The Morgan fingerprint density at radius 1 is 1.44 bits per heavy atom. The first-order valence-corrected chi connectivity index (χ1v) is 5.35. The van der Waals surface area contributed by atoms with E-state index in [0.717, 1.165) is 0 Å². The molecule has 0 spiro atoms. The van der Waals surface area contributed by atoms with E-state index in [1.54, 1.807) is 18.4 Å². The van der Waals surface area contributed by atoms with Gasteiger partial charge >= 0.3 is 5.97 Å². The lowest BCUT2D eigenvalue weighted by Crippen LogP contribution is -2.08. The van der Waals surface area contributed by atoms with Crippen molar-refractivity contribution in [2.24, 2.45) is 0 Å². The average molecular weight is 249 g/mol. The molecule has 18 heavy (non-hydrogen) atoms. The standard InChI is InChI=1S/C13H12FNO3/c1-17-13(16)11-5-4-9(14)7-12(11)15-8-10-3-2-6-18-10/h2-7,15H,8H2,1H3. The average Bonchev–Trinajstić information content (AvgIpc) is 2.88. The highest BCUT2D eigenvalue weighted by atomic mass is 19.1. The van der Waals surface area contributed by atoms with Gasteiger partial charge in [-0.1, -0.05) is 0 Å². The Hall–Kier alpha value is -2.30. The number of hydrogen-bond donors (Lipinski definition) is 1. The molecule has 2 rings (SSSR count). The van der Waals surface area contributed by atoms with Crippen LogP contribution >= 0.6 is 0 Å². The van der Waals surface area contributed by atoms with Crippen molar-refractivity contribution in [1.82, 2.24) is 0 Å². The Balaban J connectivity index is 2.19. The van der Waals surface area contributed by atoms with Gasteiger partial charge in [-0.05, 0) is 30.3 Å². The molecule has 0 saturated carbocycles. The topological polar surface area (TPSA) is 51.5 Å². The van der Waals surface area contributed by atoms with Gasteiger partial charge in [-0.3, -0.25) is 0 Å². The Kier molecular flexibility index (Phi) is 3.62. The summed E-state index contributed by atoms with van der Waals surface area (Å²) in [6.45, 7) is 0.362. The van der Waals surface area contributed by atoms with Gasteiger partial charge in [0.05, 0.1) is 31.2 Å². The molecule has 0 unspecified atom stereocenters. The lowest BCUT2D eigenvalue weighted by molar-refractivity contribution is 0.0601. The minimum atomic E-state index is -0.517. The second-order valence-electron chi connectivity index (χ2n) is 3.61. The number of methoxy groups -OCH3 is 1. The van der Waals surface area contributed by atoms with Crippen molar-refractivity contribution in [2.45, 2.75) is 6.54 Å². The van der Waals surface area contributed by atoms with Crippen molar-refractivity contribution in [2.75, 3.05) is 12.4 Å². The Bertz CT molecular complexity index is 537. The van der Waals surface area contributed by atoms with Crippen LogP contribution < -0.4 is 5.32 Å². The summed E-state index contributed by atoms with van der Waals surface area (Å²) in [5.41, 5.74) is 0.656. The van der Waals surface area contributed by atoms with E-state index in [2.05, 4.69) is 10.1 Å². The summed E-state index contributed by atoms with van der Waals surface area (Å²) in [6.07, 6.45) is 1.55. The molecule has 1 heterocycles. The first-order chi connectivity index (χ1) is 8.70. The van der Waals surface area contributed by atoms with E-state index in [1.165, 1.54) is 25.3 Å². The van der Waals surface area contributed by atoms with E-state index in [-0.39, 0.29) is 5.56 Å². The molecule has 5 heteroatoms. The molecule has 0 aliphatic carbocycles. The number of carbonyl (C=O) groups excluding carboxylic acids is 1. The van der Waals surface area contributed by atoms with E-state index in [4.69, 9.17) is 4.42 Å². The zero-order valence-corrected chi connectivity index (χ0v) is 9.77. The van der Waals surface area contributed by atoms with Gasteiger partial charge in [-0.2, -0.15) is 0 Å². The molecule has 0 aliphatic heterocycles. The highest BCUT2D eigenvalue weighted by Gasteiger charge is 2.12. The molecular formula is C13H12FNO3. The molecule has 94 valence electrons. The monoisotopic (exact) mass is 249 g/mol. The van der Waals surface area contributed by atoms with Crippen LogP contribution in [0.4, 0.5) is 10.1 Å². The number of halogens is 1. The summed E-state index contributed by atoms with van der Waals surface area (Å²) in [4.78, 5) is 11.5. The highest BCUT2D eigenvalue weighted by molar-refractivity contribution is 5.95. The minimum absolute atomic E-state index is 0.283. The molecule has 0 amide bonds. The summed E-state index contributed by atoms with van der Waals surface area (Å²) >= 11 is 0. The number of ether oxygens (including phenoxy) is 1. The maximum atomic E-state index is 13.2. The van der Waals surface area contributed by atoms with E-state index in [9.17, 15) is 9.18 Å². The van der Waals surface area contributed by atoms with E-state index >= 15 is 0 Å². The van der Waals surface area contributed by atoms with Crippen molar-refractivity contribution in [3.05, 3.63) is 53.7 Å². The van der Waals surface area contributed by atoms with Gasteiger partial charge in [0.25, 0.3) is 0 Å². The van der Waals surface area contributed by atoms with Crippen molar-refractivity contribution in [3.63, 3.8) is 0 Å². The molecule has 0 radical (unpaired) electrons. The fraction of sp³-hybridized carbons (Fsp3) is 0.154. The lowest BCUT2D eigenvalue weighted by Gasteiger charge is -2.09. The van der Waals surface area contributed by atoms with Crippen LogP contribution in [0.5, 0.6) is 0 Å². The normalized spacial score (nSPS) is 10.1. The number of hydrogen-bond acceptors (Lipinski definition) is 4. The van der Waals surface area contributed by atoms with Gasteiger partial charge in [0, 0.05) is 0 Å². The molecule has 0 saturated heterocycles. The van der Waals surface area contributed by atoms with Gasteiger partial charge in [0.15, 0.2) is 0 Å². The zero-order chi connectivity index (χ0) is 13.0. The summed E-state index contributed by atoms with van der Waals surface area (Å²) in [5.74, 6) is -0.253. The quantitative estimate of drug-likeness (QED) is 0.846. The largest absolute Gasteiger partial charge is 0.467 e. The molecule has 2 aromatic rings. The molecule has 0 atom stereocenters. The number of furan rings is 1. The fourth-order valence-electron chi connectivity index (χ4n) is 1.55. The second kappa shape index (κ2) is 5.35. The predicted molar refractivity (Wildman–Crippen MR) is 63.8 cm³/mol. The third-order valence-corrected chi connectivity index (χ3v) is 2.42. The van der Waals surface area contributed by atoms with Crippen LogP contribution in [-0.2, 0) is 11.3 Å². The van der Waals surface area contributed by atoms with Crippen molar-refractivity contribution < 1.29 is 18.3 Å². The molecular weight excluding hydrogens is 237 g/mol. The van der Waals surface area contributed by atoms with E-state index in [1.807, 2.05) is 0 Å². The van der Waals surface area contributed by atoms with Gasteiger partial charge in [0.2, 0.25) is 0 Å². The fourth-order valence-corrected chi connectivity index (χ4v) is 1.55. The number of esters is 1. The maximum absolute atomic E-state index is 13.2. The third kappa shape index (κ3) is 2.68. The van der Waals surface area contributed by atoms with Gasteiger partial charge in [0.1, 0.15) is 11.6 Å².